The summed E-state index contributed by atoms with van der Waals surface area (Å²) in [6.45, 7) is 1.99. The molecule has 1 saturated heterocycles. The first-order valence-electron chi connectivity index (χ1n) is 7.92. The number of ether oxygens (including phenoxy) is 1. The molecule has 1 fully saturated rings. The average molecular weight is 324 g/mol. The molecular formula is C19H20N2O3. The summed E-state index contributed by atoms with van der Waals surface area (Å²) in [6.07, 6.45) is 0.889. The highest BCUT2D eigenvalue weighted by Crippen LogP contribution is 2.29. The molecule has 24 heavy (non-hydrogen) atoms. The van der Waals surface area contributed by atoms with E-state index >= 15 is 0 Å². The molecule has 5 heteroatoms. The van der Waals surface area contributed by atoms with E-state index in [1.165, 1.54) is 0 Å². The van der Waals surface area contributed by atoms with Crippen molar-refractivity contribution in [3.05, 3.63) is 54.1 Å². The Morgan fingerprint density at radius 1 is 1.12 bits per heavy atom. The summed E-state index contributed by atoms with van der Waals surface area (Å²) < 4.78 is 5.14. The fourth-order valence-corrected chi connectivity index (χ4v) is 2.86. The molecule has 0 aromatic heterocycles. The number of anilines is 2. The van der Waals surface area contributed by atoms with Crippen molar-refractivity contribution in [3.63, 3.8) is 0 Å². The molecule has 1 N–H and O–H groups in total. The van der Waals surface area contributed by atoms with Crippen molar-refractivity contribution in [1.29, 1.82) is 0 Å². The van der Waals surface area contributed by atoms with E-state index in [9.17, 15) is 9.59 Å². The van der Waals surface area contributed by atoms with Crippen LogP contribution in [-0.4, -0.2) is 25.0 Å². The van der Waals surface area contributed by atoms with Gasteiger partial charge in [0.05, 0.1) is 7.11 Å². The number of hydrogen-bond acceptors (Lipinski definition) is 3. The highest BCUT2D eigenvalue weighted by Gasteiger charge is 2.37. The molecule has 124 valence electrons. The first kappa shape index (κ1) is 16.1. The van der Waals surface area contributed by atoms with E-state index in [1.54, 1.807) is 36.3 Å². The number of nitrogens with zero attached hydrogens (tertiary/aromatic N) is 1. The van der Waals surface area contributed by atoms with Gasteiger partial charge in [-0.25, -0.2) is 0 Å². The molecule has 0 aliphatic carbocycles. The van der Waals surface area contributed by atoms with Gasteiger partial charge in [0.2, 0.25) is 11.8 Å². The average Bonchev–Trinajstić information content (AvgIpc) is 2.99. The molecule has 1 atom stereocenters. The number of benzene rings is 2. The Bertz CT molecular complexity index is 738. The fraction of sp³-hybridized carbons (Fsp3) is 0.263. The first-order chi connectivity index (χ1) is 11.6. The molecule has 1 unspecified atom stereocenters. The number of carbonyl (C=O) groups is 2. The van der Waals surface area contributed by atoms with Crippen molar-refractivity contribution < 1.29 is 14.3 Å². The summed E-state index contributed by atoms with van der Waals surface area (Å²) in [5.74, 6) is 0.510. The second kappa shape index (κ2) is 6.74. The molecule has 0 spiro atoms. The van der Waals surface area contributed by atoms with Crippen molar-refractivity contribution in [2.24, 2.45) is 0 Å². The van der Waals surface area contributed by atoms with E-state index in [4.69, 9.17) is 4.74 Å². The van der Waals surface area contributed by atoms with Crippen LogP contribution in [0.1, 0.15) is 18.4 Å². The molecule has 2 amide bonds. The lowest BCUT2D eigenvalue weighted by Crippen LogP contribution is -2.41. The third-order valence-corrected chi connectivity index (χ3v) is 4.18. The van der Waals surface area contributed by atoms with E-state index in [1.807, 2.05) is 31.2 Å². The topological polar surface area (TPSA) is 58.6 Å². The summed E-state index contributed by atoms with van der Waals surface area (Å²) in [7, 11) is 1.59. The summed E-state index contributed by atoms with van der Waals surface area (Å²) in [4.78, 5) is 26.5. The van der Waals surface area contributed by atoms with Crippen LogP contribution in [0.4, 0.5) is 11.4 Å². The third kappa shape index (κ3) is 3.25. The summed E-state index contributed by atoms with van der Waals surface area (Å²) in [5.41, 5.74) is 2.57. The van der Waals surface area contributed by atoms with Crippen LogP contribution in [0.15, 0.2) is 48.5 Å². The Labute approximate surface area is 141 Å². The van der Waals surface area contributed by atoms with Gasteiger partial charge in [-0.1, -0.05) is 17.7 Å². The maximum Gasteiger partial charge on any atom is 0.247 e. The molecule has 0 radical (unpaired) electrons. The molecule has 3 rings (SSSR count). The Morgan fingerprint density at radius 3 is 2.42 bits per heavy atom. The zero-order chi connectivity index (χ0) is 17.1. The first-order valence-corrected chi connectivity index (χ1v) is 7.92. The molecule has 0 saturated carbocycles. The summed E-state index contributed by atoms with van der Waals surface area (Å²) in [6, 6.07) is 14.3. The highest BCUT2D eigenvalue weighted by molar-refractivity contribution is 6.07. The maximum atomic E-state index is 12.6. The molecular weight excluding hydrogens is 304 g/mol. The van der Waals surface area contributed by atoms with Gasteiger partial charge >= 0.3 is 0 Å². The van der Waals surface area contributed by atoms with Crippen LogP contribution in [0, 0.1) is 6.92 Å². The normalized spacial score (nSPS) is 17.0. The minimum absolute atomic E-state index is 0.0378. The van der Waals surface area contributed by atoms with Crippen LogP contribution in [0.3, 0.4) is 0 Å². The van der Waals surface area contributed by atoms with E-state index in [2.05, 4.69) is 5.32 Å². The van der Waals surface area contributed by atoms with E-state index in [0.29, 0.717) is 24.3 Å². The third-order valence-electron chi connectivity index (χ3n) is 4.18. The van der Waals surface area contributed by atoms with Gasteiger partial charge in [0.25, 0.3) is 0 Å². The number of carbonyl (C=O) groups excluding carboxylic acids is 2. The van der Waals surface area contributed by atoms with Crippen LogP contribution in [0.25, 0.3) is 0 Å². The molecule has 1 aliphatic rings. The van der Waals surface area contributed by atoms with Gasteiger partial charge in [-0.3, -0.25) is 14.5 Å². The largest absolute Gasteiger partial charge is 0.497 e. The minimum atomic E-state index is -0.493. The lowest BCUT2D eigenvalue weighted by molar-refractivity contribution is -0.120. The smallest absolute Gasteiger partial charge is 0.247 e. The summed E-state index contributed by atoms with van der Waals surface area (Å²) >= 11 is 0. The monoisotopic (exact) mass is 324 g/mol. The summed E-state index contributed by atoms with van der Waals surface area (Å²) in [5, 5.41) is 2.90. The van der Waals surface area contributed by atoms with Gasteiger partial charge in [-0.05, 0) is 49.7 Å². The standard InChI is InChI=1S/C19H20N2O3/c1-13-3-5-14(6-4-13)20-19(23)17-11-12-18(22)21(17)15-7-9-16(24-2)10-8-15/h3-10,17H,11-12H2,1-2H3,(H,20,23). The van der Waals surface area contributed by atoms with Crippen LogP contribution in [0.2, 0.25) is 0 Å². The number of nitrogens with one attached hydrogen (secondary N) is 1. The molecule has 2 aromatic carbocycles. The van der Waals surface area contributed by atoms with Gasteiger partial charge in [-0.15, -0.1) is 0 Å². The number of amides is 2. The van der Waals surface area contributed by atoms with Gasteiger partial charge < -0.3 is 10.1 Å². The van der Waals surface area contributed by atoms with Crippen LogP contribution in [-0.2, 0) is 9.59 Å². The molecule has 1 aliphatic heterocycles. The number of hydrogen-bond donors (Lipinski definition) is 1. The van der Waals surface area contributed by atoms with Crippen LogP contribution < -0.4 is 15.0 Å². The van der Waals surface area contributed by atoms with Crippen molar-refractivity contribution >= 4 is 23.2 Å². The highest BCUT2D eigenvalue weighted by atomic mass is 16.5. The lowest BCUT2D eigenvalue weighted by atomic mass is 10.1. The minimum Gasteiger partial charge on any atom is -0.497 e. The zero-order valence-corrected chi connectivity index (χ0v) is 13.8. The Kier molecular flexibility index (Phi) is 4.51. The van der Waals surface area contributed by atoms with E-state index in [0.717, 1.165) is 11.3 Å². The lowest BCUT2D eigenvalue weighted by Gasteiger charge is -2.24. The Hall–Kier alpha value is -2.82. The van der Waals surface area contributed by atoms with Gasteiger partial charge in [-0.2, -0.15) is 0 Å². The SMILES string of the molecule is COc1ccc(N2C(=O)CCC2C(=O)Nc2ccc(C)cc2)cc1. The molecule has 2 aromatic rings. The maximum absolute atomic E-state index is 12.6. The second-order valence-corrected chi connectivity index (χ2v) is 5.87. The zero-order valence-electron chi connectivity index (χ0n) is 13.8. The number of rotatable bonds is 4. The predicted octanol–water partition coefficient (Wildman–Crippen LogP) is 3.14. The van der Waals surface area contributed by atoms with Crippen molar-refractivity contribution in [3.8, 4) is 5.75 Å². The van der Waals surface area contributed by atoms with Gasteiger partial charge in [0, 0.05) is 17.8 Å². The predicted molar refractivity (Wildman–Crippen MR) is 93.3 cm³/mol. The molecule has 0 bridgehead atoms. The van der Waals surface area contributed by atoms with Crippen molar-refractivity contribution in [2.75, 3.05) is 17.3 Å². The Morgan fingerprint density at radius 2 is 1.79 bits per heavy atom. The van der Waals surface area contributed by atoms with Crippen LogP contribution in [0.5, 0.6) is 5.75 Å². The quantitative estimate of drug-likeness (QED) is 0.940. The van der Waals surface area contributed by atoms with Crippen molar-refractivity contribution in [2.45, 2.75) is 25.8 Å². The second-order valence-electron chi connectivity index (χ2n) is 5.87. The number of methoxy groups -OCH3 is 1. The van der Waals surface area contributed by atoms with Gasteiger partial charge in [0.15, 0.2) is 0 Å². The number of aryl methyl sites for hydroxylation is 1. The van der Waals surface area contributed by atoms with Crippen molar-refractivity contribution in [1.82, 2.24) is 0 Å². The molecule has 5 nitrogen and oxygen atoms in total. The van der Waals surface area contributed by atoms with E-state index in [-0.39, 0.29) is 11.8 Å². The van der Waals surface area contributed by atoms with E-state index < -0.39 is 6.04 Å². The fourth-order valence-electron chi connectivity index (χ4n) is 2.86. The molecule has 1 heterocycles. The Balaban J connectivity index is 1.78. The van der Waals surface area contributed by atoms with Crippen LogP contribution >= 0.6 is 0 Å². The van der Waals surface area contributed by atoms with Gasteiger partial charge in [0.1, 0.15) is 11.8 Å².